The number of aryl methyl sites for hydroxylation is 1. The first-order valence-corrected chi connectivity index (χ1v) is 13.5. The van der Waals surface area contributed by atoms with Crippen molar-refractivity contribution in [3.05, 3.63) is 57.8 Å². The summed E-state index contributed by atoms with van der Waals surface area (Å²) >= 11 is 1.74. The molecule has 4 rings (SSSR count). The number of hydrogen-bond donors (Lipinski definition) is 2. The van der Waals surface area contributed by atoms with E-state index in [4.69, 9.17) is 10.5 Å². The molecule has 8 heteroatoms. The smallest absolute Gasteiger partial charge is 0.249 e. The van der Waals surface area contributed by atoms with Crippen LogP contribution in [0.25, 0.3) is 0 Å². The van der Waals surface area contributed by atoms with E-state index in [9.17, 15) is 9.59 Å². The van der Waals surface area contributed by atoms with Crippen molar-refractivity contribution in [1.82, 2.24) is 15.1 Å². The molecule has 2 amide bonds. The van der Waals surface area contributed by atoms with Gasteiger partial charge in [-0.15, -0.1) is 11.3 Å². The minimum Gasteiger partial charge on any atom is -0.375 e. The van der Waals surface area contributed by atoms with E-state index < -0.39 is 6.04 Å². The van der Waals surface area contributed by atoms with Gasteiger partial charge in [0.2, 0.25) is 11.8 Å². The third-order valence-corrected chi connectivity index (χ3v) is 8.11. The predicted octanol–water partition coefficient (Wildman–Crippen LogP) is 3.06. The van der Waals surface area contributed by atoms with Crippen molar-refractivity contribution in [3.63, 3.8) is 0 Å². The van der Waals surface area contributed by atoms with Gasteiger partial charge in [0.15, 0.2) is 0 Å². The van der Waals surface area contributed by atoms with E-state index >= 15 is 0 Å². The molecule has 3 N–H and O–H groups in total. The number of hydrogen-bond acceptors (Lipinski definition) is 6. The molecule has 190 valence electrons. The largest absolute Gasteiger partial charge is 0.375 e. The molecule has 1 aromatic heterocycles. The van der Waals surface area contributed by atoms with Gasteiger partial charge in [-0.1, -0.05) is 35.9 Å². The molecule has 1 aliphatic heterocycles. The van der Waals surface area contributed by atoms with E-state index in [2.05, 4.69) is 58.9 Å². The molecule has 7 nitrogen and oxygen atoms in total. The van der Waals surface area contributed by atoms with Crippen molar-refractivity contribution in [3.8, 4) is 0 Å². The number of nitrogens with one attached hydrogen (secondary N) is 1. The maximum atomic E-state index is 13.4. The number of amides is 2. The molecule has 2 atom stereocenters. The monoisotopic (exact) mass is 498 g/mol. The predicted molar refractivity (Wildman–Crippen MR) is 139 cm³/mol. The van der Waals surface area contributed by atoms with Gasteiger partial charge in [-0.25, -0.2) is 0 Å². The van der Waals surface area contributed by atoms with Gasteiger partial charge < -0.3 is 20.7 Å². The molecule has 1 saturated carbocycles. The van der Waals surface area contributed by atoms with Gasteiger partial charge in [0, 0.05) is 49.7 Å². The summed E-state index contributed by atoms with van der Waals surface area (Å²) in [5.74, 6) is -0.184. The van der Waals surface area contributed by atoms with Gasteiger partial charge in [-0.05, 0) is 56.0 Å². The van der Waals surface area contributed by atoms with E-state index in [-0.39, 0.29) is 36.5 Å². The summed E-state index contributed by atoms with van der Waals surface area (Å²) in [6.45, 7) is 4.15. The number of methoxy groups -OCH3 is 1. The molecule has 2 fully saturated rings. The molecule has 2 unspecified atom stereocenters. The normalized spacial score (nSPS) is 24.6. The zero-order chi connectivity index (χ0) is 24.8. The molecule has 2 aromatic rings. The molecule has 2 aliphatic rings. The van der Waals surface area contributed by atoms with Crippen molar-refractivity contribution in [1.29, 1.82) is 0 Å². The molecule has 1 aromatic carbocycles. The van der Waals surface area contributed by atoms with E-state index in [0.29, 0.717) is 13.0 Å². The number of nitrogens with zero attached hydrogens (tertiary/aromatic N) is 2. The third-order valence-electron chi connectivity index (χ3n) is 7.25. The molecule has 35 heavy (non-hydrogen) atoms. The molecule has 2 heterocycles. The Hall–Kier alpha value is -2.26. The van der Waals surface area contributed by atoms with Crippen LogP contribution < -0.4 is 11.1 Å². The second kappa shape index (κ2) is 12.1. The summed E-state index contributed by atoms with van der Waals surface area (Å²) in [5.41, 5.74) is 8.50. The summed E-state index contributed by atoms with van der Waals surface area (Å²) in [6.07, 6.45) is 4.26. The lowest BCUT2D eigenvalue weighted by atomic mass is 9.91. The number of carbonyl (C=O) groups is 2. The van der Waals surface area contributed by atoms with E-state index in [1.807, 2.05) is 0 Å². The molecular weight excluding hydrogens is 460 g/mol. The lowest BCUT2D eigenvalue weighted by Gasteiger charge is -2.30. The number of benzene rings is 1. The Morgan fingerprint density at radius 1 is 1.14 bits per heavy atom. The maximum absolute atomic E-state index is 13.4. The highest BCUT2D eigenvalue weighted by molar-refractivity contribution is 7.09. The topological polar surface area (TPSA) is 87.9 Å². The fraction of sp³-hybridized carbons (Fsp3) is 0.556. The Morgan fingerprint density at radius 2 is 1.89 bits per heavy atom. The zero-order valence-electron chi connectivity index (χ0n) is 20.8. The second-order valence-corrected chi connectivity index (χ2v) is 11.0. The number of likely N-dealkylation sites (tertiary alicyclic amines) is 1. The highest BCUT2D eigenvalue weighted by Crippen LogP contribution is 2.28. The van der Waals surface area contributed by atoms with Crippen LogP contribution in [0.5, 0.6) is 0 Å². The van der Waals surface area contributed by atoms with Crippen LogP contribution in [0.4, 0.5) is 0 Å². The first-order chi connectivity index (χ1) is 16.9. The highest BCUT2D eigenvalue weighted by Gasteiger charge is 2.42. The van der Waals surface area contributed by atoms with Crippen molar-refractivity contribution in [2.75, 3.05) is 20.3 Å². The fourth-order valence-electron chi connectivity index (χ4n) is 5.21. The zero-order valence-corrected chi connectivity index (χ0v) is 21.6. The van der Waals surface area contributed by atoms with Gasteiger partial charge in [0.25, 0.3) is 0 Å². The molecule has 0 radical (unpaired) electrons. The Balaban J connectivity index is 1.51. The maximum Gasteiger partial charge on any atom is 0.249 e. The minimum atomic E-state index is -0.484. The Kier molecular flexibility index (Phi) is 8.94. The van der Waals surface area contributed by atoms with E-state index in [1.54, 1.807) is 16.2 Å². The van der Waals surface area contributed by atoms with Crippen molar-refractivity contribution < 1.29 is 14.3 Å². The van der Waals surface area contributed by atoms with Crippen LogP contribution >= 0.6 is 11.3 Å². The first-order valence-electron chi connectivity index (χ1n) is 12.6. The number of carbonyl (C=O) groups excluding carboxylic acids is 2. The Morgan fingerprint density at radius 3 is 2.54 bits per heavy atom. The van der Waals surface area contributed by atoms with Gasteiger partial charge in [-0.3, -0.25) is 14.5 Å². The fourth-order valence-corrected chi connectivity index (χ4v) is 5.94. The van der Waals surface area contributed by atoms with Crippen LogP contribution in [0, 0.1) is 6.92 Å². The molecular formula is C27H38N4O3S. The standard InChI is InChI=1S/C27H38N4O3S/c1-19-5-7-20(8-6-19)15-30(17-24-4-3-13-35-24)23-14-25(31(16-23)26(32)18-34-2)27(33)29-22-11-9-21(28)10-12-22/h3-8,13,21-23,25H,9-12,14-18,28H2,1-2H3,(H,29,33). The average molecular weight is 499 g/mol. The summed E-state index contributed by atoms with van der Waals surface area (Å²) in [4.78, 5) is 31.8. The van der Waals surface area contributed by atoms with Gasteiger partial charge in [0.05, 0.1) is 0 Å². The van der Waals surface area contributed by atoms with Crippen LogP contribution in [-0.2, 0) is 27.4 Å². The molecule has 1 saturated heterocycles. The number of rotatable bonds is 9. The van der Waals surface area contributed by atoms with Crippen LogP contribution in [-0.4, -0.2) is 66.0 Å². The lowest BCUT2D eigenvalue weighted by molar-refractivity contribution is -0.141. The van der Waals surface area contributed by atoms with Crippen molar-refractivity contribution in [2.45, 2.75) is 76.3 Å². The van der Waals surface area contributed by atoms with Gasteiger partial charge in [0.1, 0.15) is 12.6 Å². The third kappa shape index (κ3) is 6.91. The van der Waals surface area contributed by atoms with Crippen molar-refractivity contribution in [2.24, 2.45) is 5.73 Å². The molecule has 1 aliphatic carbocycles. The van der Waals surface area contributed by atoms with Crippen LogP contribution in [0.2, 0.25) is 0 Å². The summed E-state index contributed by atoms with van der Waals surface area (Å²) in [7, 11) is 1.52. The summed E-state index contributed by atoms with van der Waals surface area (Å²) in [5, 5.41) is 5.32. The SMILES string of the molecule is COCC(=O)N1CC(N(Cc2ccc(C)cc2)Cc2cccs2)CC1C(=O)NC1CCC(N)CC1. The quantitative estimate of drug-likeness (QED) is 0.555. The Labute approximate surface area is 212 Å². The molecule has 0 spiro atoms. The highest BCUT2D eigenvalue weighted by atomic mass is 32.1. The van der Waals surface area contributed by atoms with E-state index in [0.717, 1.165) is 38.8 Å². The molecule has 0 bridgehead atoms. The second-order valence-electron chi connectivity index (χ2n) is 9.97. The number of ether oxygens (including phenoxy) is 1. The minimum absolute atomic E-state index is 0.0162. The number of nitrogens with two attached hydrogens (primary N) is 1. The van der Waals surface area contributed by atoms with E-state index in [1.165, 1.54) is 23.1 Å². The van der Waals surface area contributed by atoms with Crippen LogP contribution in [0.3, 0.4) is 0 Å². The van der Waals surface area contributed by atoms with Gasteiger partial charge in [-0.2, -0.15) is 0 Å². The van der Waals surface area contributed by atoms with Gasteiger partial charge >= 0.3 is 0 Å². The van der Waals surface area contributed by atoms with Crippen LogP contribution in [0.15, 0.2) is 41.8 Å². The Bertz CT molecular complexity index is 957. The lowest BCUT2D eigenvalue weighted by Crippen LogP contribution is -2.50. The first kappa shape index (κ1) is 25.8. The van der Waals surface area contributed by atoms with Crippen LogP contribution in [0.1, 0.15) is 48.1 Å². The summed E-state index contributed by atoms with van der Waals surface area (Å²) in [6, 6.07) is 12.8. The van der Waals surface area contributed by atoms with Crippen molar-refractivity contribution >= 4 is 23.2 Å². The summed E-state index contributed by atoms with van der Waals surface area (Å²) < 4.78 is 5.14. The number of thiophene rings is 1. The average Bonchev–Trinajstić information content (AvgIpc) is 3.52.